The highest BCUT2D eigenvalue weighted by Crippen LogP contribution is 2.38. The molecule has 0 saturated carbocycles. The number of ether oxygens (including phenoxy) is 1. The predicted octanol–water partition coefficient (Wildman–Crippen LogP) is 5.04. The summed E-state index contributed by atoms with van der Waals surface area (Å²) in [6.45, 7) is 16.4. The molecule has 1 heterocycles. The topological polar surface area (TPSA) is 117 Å². The van der Waals surface area contributed by atoms with Gasteiger partial charge < -0.3 is 4.74 Å². The molecule has 2 atom stereocenters. The normalized spacial score (nSPS) is 22.0. The quantitative estimate of drug-likeness (QED) is 0.315. The van der Waals surface area contributed by atoms with Crippen molar-refractivity contribution in [2.24, 2.45) is 10.2 Å². The number of azo groups is 1. The van der Waals surface area contributed by atoms with Crippen molar-refractivity contribution >= 4 is 5.97 Å². The van der Waals surface area contributed by atoms with E-state index in [0.29, 0.717) is 6.42 Å². The van der Waals surface area contributed by atoms with E-state index in [4.69, 9.17) is 25.0 Å². The summed E-state index contributed by atoms with van der Waals surface area (Å²) in [4.78, 5) is 22.4. The third-order valence-electron chi connectivity index (χ3n) is 4.57. The van der Waals surface area contributed by atoms with Gasteiger partial charge in [0.2, 0.25) is 5.60 Å². The lowest BCUT2D eigenvalue weighted by Gasteiger charge is -2.45. The van der Waals surface area contributed by atoms with E-state index in [-0.39, 0.29) is 12.1 Å². The molecular weight excluding hydrogens is 372 g/mol. The van der Waals surface area contributed by atoms with Crippen molar-refractivity contribution in [3.05, 3.63) is 0 Å². The monoisotopic (exact) mass is 408 g/mol. The molecule has 0 aromatic carbocycles. The van der Waals surface area contributed by atoms with Gasteiger partial charge in [0.05, 0.1) is 12.1 Å². The Morgan fingerprint density at radius 3 is 1.79 bits per heavy atom. The zero-order chi connectivity index (χ0) is 22.9. The van der Waals surface area contributed by atoms with E-state index >= 15 is 0 Å². The second-order valence-electron chi connectivity index (χ2n) is 8.74. The van der Waals surface area contributed by atoms with Gasteiger partial charge in [0, 0.05) is 0 Å². The first-order valence-corrected chi connectivity index (χ1v) is 10.1. The van der Waals surface area contributed by atoms with Crippen LogP contribution in [0, 0.1) is 22.7 Å². The molecule has 1 rings (SSSR count). The maximum atomic E-state index is 12.2. The van der Waals surface area contributed by atoms with Crippen LogP contribution in [0.1, 0.15) is 88.0 Å². The molecule has 2 unspecified atom stereocenters. The Labute approximate surface area is 175 Å². The number of rotatable bonds is 8. The summed E-state index contributed by atoms with van der Waals surface area (Å²) >= 11 is 0. The standard InChI is InChI=1S/C13H24O4.C8H12N4/c1-6-9-10-13(8-3,17-16-10)11(14)15-12(4,5)7-2;1-7(2,5-9)11-12-8(3,4)6-10/h10H,6-9H2,1-5H3;1-4H3. The molecular formula is C21H36N4O4. The van der Waals surface area contributed by atoms with Crippen LogP contribution in [-0.4, -0.2) is 34.4 Å². The lowest BCUT2D eigenvalue weighted by Crippen LogP contribution is -2.62. The molecule has 8 nitrogen and oxygen atoms in total. The van der Waals surface area contributed by atoms with E-state index < -0.39 is 22.3 Å². The van der Waals surface area contributed by atoms with Gasteiger partial charge in [0.1, 0.15) is 11.7 Å². The molecule has 164 valence electrons. The van der Waals surface area contributed by atoms with E-state index in [2.05, 4.69) is 17.2 Å². The fourth-order valence-electron chi connectivity index (χ4n) is 2.08. The average molecular weight is 409 g/mol. The Bertz CT molecular complexity index is 627. The maximum absolute atomic E-state index is 12.2. The summed E-state index contributed by atoms with van der Waals surface area (Å²) in [5, 5.41) is 24.7. The first-order chi connectivity index (χ1) is 13.2. The molecule has 1 aliphatic rings. The Morgan fingerprint density at radius 2 is 1.52 bits per heavy atom. The van der Waals surface area contributed by atoms with Crippen LogP contribution < -0.4 is 0 Å². The number of nitrogens with zero attached hydrogens (tertiary/aromatic N) is 4. The summed E-state index contributed by atoms with van der Waals surface area (Å²) in [6.07, 6.45) is 2.96. The van der Waals surface area contributed by atoms with Crippen molar-refractivity contribution in [3.63, 3.8) is 0 Å². The highest BCUT2D eigenvalue weighted by molar-refractivity contribution is 5.81. The number of nitriles is 2. The minimum Gasteiger partial charge on any atom is -0.457 e. The minimum absolute atomic E-state index is 0.169. The van der Waals surface area contributed by atoms with Crippen molar-refractivity contribution in [2.45, 2.75) is 116 Å². The van der Waals surface area contributed by atoms with Gasteiger partial charge in [-0.3, -0.25) is 0 Å². The maximum Gasteiger partial charge on any atom is 0.345 e. The van der Waals surface area contributed by atoms with Gasteiger partial charge in [-0.05, 0) is 60.8 Å². The average Bonchev–Trinajstić information content (AvgIpc) is 2.65. The lowest BCUT2D eigenvalue weighted by molar-refractivity contribution is -0.499. The largest absolute Gasteiger partial charge is 0.457 e. The Hall–Kier alpha value is -2.03. The van der Waals surface area contributed by atoms with Crippen molar-refractivity contribution in [1.29, 1.82) is 10.5 Å². The Balaban J connectivity index is 0.000000578. The van der Waals surface area contributed by atoms with Gasteiger partial charge in [-0.25, -0.2) is 14.6 Å². The summed E-state index contributed by atoms with van der Waals surface area (Å²) < 4.78 is 5.52. The molecule has 8 heteroatoms. The van der Waals surface area contributed by atoms with Crippen LogP contribution in [0.4, 0.5) is 0 Å². The smallest absolute Gasteiger partial charge is 0.345 e. The Morgan fingerprint density at radius 1 is 1.03 bits per heavy atom. The zero-order valence-electron chi connectivity index (χ0n) is 19.3. The molecule has 0 aromatic rings. The van der Waals surface area contributed by atoms with Gasteiger partial charge in [-0.2, -0.15) is 20.8 Å². The van der Waals surface area contributed by atoms with Crippen LogP contribution in [0.25, 0.3) is 0 Å². The zero-order valence-corrected chi connectivity index (χ0v) is 19.3. The molecule has 0 aliphatic carbocycles. The molecule has 0 radical (unpaired) electrons. The minimum atomic E-state index is -0.886. The highest BCUT2D eigenvalue weighted by Gasteiger charge is 2.58. The van der Waals surface area contributed by atoms with Crippen molar-refractivity contribution in [2.75, 3.05) is 0 Å². The van der Waals surface area contributed by atoms with Gasteiger partial charge >= 0.3 is 5.97 Å². The third-order valence-corrected chi connectivity index (χ3v) is 4.57. The molecule has 0 bridgehead atoms. The SMILES string of the molecule is CC(C)(C#N)N=NC(C)(C)C#N.CCCC1OOC1(CC)C(=O)OC(C)(C)CC. The number of carbonyl (C=O) groups is 1. The fraction of sp³-hybridized carbons (Fsp3) is 0.857. The molecule has 0 aromatic heterocycles. The van der Waals surface area contributed by atoms with Crippen LogP contribution in [0.3, 0.4) is 0 Å². The van der Waals surface area contributed by atoms with Gasteiger partial charge in [-0.15, -0.1) is 0 Å². The Kier molecular flexibility index (Phi) is 9.92. The number of hydrogen-bond acceptors (Lipinski definition) is 8. The molecule has 1 saturated heterocycles. The molecule has 29 heavy (non-hydrogen) atoms. The second kappa shape index (κ2) is 10.7. The van der Waals surface area contributed by atoms with Gasteiger partial charge in [0.25, 0.3) is 0 Å². The van der Waals surface area contributed by atoms with E-state index in [1.807, 2.05) is 39.8 Å². The van der Waals surface area contributed by atoms with Crippen LogP contribution in [0.15, 0.2) is 10.2 Å². The summed E-state index contributed by atoms with van der Waals surface area (Å²) in [5.74, 6) is -0.295. The molecule has 1 aliphatic heterocycles. The second-order valence-corrected chi connectivity index (χ2v) is 8.74. The van der Waals surface area contributed by atoms with Crippen molar-refractivity contribution < 1.29 is 19.3 Å². The molecule has 1 fully saturated rings. The first kappa shape index (κ1) is 27.0. The summed E-state index contributed by atoms with van der Waals surface area (Å²) in [7, 11) is 0. The van der Waals surface area contributed by atoms with Gasteiger partial charge in [0.15, 0.2) is 11.1 Å². The van der Waals surface area contributed by atoms with Crippen LogP contribution in [0.2, 0.25) is 0 Å². The van der Waals surface area contributed by atoms with E-state index in [0.717, 1.165) is 19.3 Å². The number of esters is 1. The van der Waals surface area contributed by atoms with Crippen molar-refractivity contribution in [3.8, 4) is 12.1 Å². The highest BCUT2D eigenvalue weighted by atomic mass is 17.3. The first-order valence-electron chi connectivity index (χ1n) is 10.1. The predicted molar refractivity (Wildman–Crippen MR) is 109 cm³/mol. The number of hydrogen-bond donors (Lipinski definition) is 0. The van der Waals surface area contributed by atoms with Gasteiger partial charge in [-0.1, -0.05) is 27.2 Å². The van der Waals surface area contributed by atoms with Crippen LogP contribution in [0.5, 0.6) is 0 Å². The molecule has 0 N–H and O–H groups in total. The number of carbonyl (C=O) groups excluding carboxylic acids is 1. The molecule has 0 spiro atoms. The van der Waals surface area contributed by atoms with Crippen LogP contribution in [-0.2, 0) is 19.3 Å². The van der Waals surface area contributed by atoms with E-state index in [1.54, 1.807) is 27.7 Å². The lowest BCUT2D eigenvalue weighted by atomic mass is 9.88. The molecule has 0 amide bonds. The fourth-order valence-corrected chi connectivity index (χ4v) is 2.08. The third kappa shape index (κ3) is 8.08. The summed E-state index contributed by atoms with van der Waals surface area (Å²) in [5.41, 5.74) is -3.01. The van der Waals surface area contributed by atoms with Crippen molar-refractivity contribution in [1.82, 2.24) is 0 Å². The van der Waals surface area contributed by atoms with Crippen LogP contribution >= 0.6 is 0 Å². The van der Waals surface area contributed by atoms with E-state index in [9.17, 15) is 4.79 Å². The van der Waals surface area contributed by atoms with E-state index in [1.165, 1.54) is 0 Å². The summed E-state index contributed by atoms with van der Waals surface area (Å²) in [6, 6.07) is 3.94.